The van der Waals surface area contributed by atoms with Crippen LogP contribution >= 0.6 is 0 Å². The second-order valence-electron chi connectivity index (χ2n) is 5.57. The van der Waals surface area contributed by atoms with Crippen LogP contribution in [0.4, 0.5) is 0 Å². The summed E-state index contributed by atoms with van der Waals surface area (Å²) in [5.41, 5.74) is 3.90. The molecule has 1 unspecified atom stereocenters. The number of fused-ring (bicyclic) bond motifs is 1. The molecular formula is C16H22N2O. The van der Waals surface area contributed by atoms with E-state index in [2.05, 4.69) is 29.5 Å². The van der Waals surface area contributed by atoms with Crippen molar-refractivity contribution in [2.75, 3.05) is 20.2 Å². The summed E-state index contributed by atoms with van der Waals surface area (Å²) in [5, 5.41) is 4.85. The molecule has 1 aromatic carbocycles. The van der Waals surface area contributed by atoms with Gasteiger partial charge in [0.2, 0.25) is 0 Å². The third-order valence-corrected chi connectivity index (χ3v) is 4.21. The average Bonchev–Trinajstić information content (AvgIpc) is 2.85. The van der Waals surface area contributed by atoms with Gasteiger partial charge in [-0.3, -0.25) is 0 Å². The van der Waals surface area contributed by atoms with Crippen LogP contribution in [0.25, 0.3) is 10.9 Å². The molecule has 19 heavy (non-hydrogen) atoms. The maximum atomic E-state index is 5.44. The Morgan fingerprint density at radius 3 is 3.00 bits per heavy atom. The molecule has 3 nitrogen and oxygen atoms in total. The molecule has 102 valence electrons. The minimum Gasteiger partial charge on any atom is -0.495 e. The van der Waals surface area contributed by atoms with E-state index >= 15 is 0 Å². The van der Waals surface area contributed by atoms with E-state index in [9.17, 15) is 0 Å². The number of rotatable bonds is 3. The quantitative estimate of drug-likeness (QED) is 0.888. The molecule has 2 aromatic rings. The van der Waals surface area contributed by atoms with Crippen LogP contribution < -0.4 is 10.1 Å². The topological polar surface area (TPSA) is 37.0 Å². The molecule has 2 N–H and O–H groups in total. The first-order valence-corrected chi connectivity index (χ1v) is 7.14. The zero-order chi connectivity index (χ0) is 13.2. The number of piperidine rings is 1. The predicted molar refractivity (Wildman–Crippen MR) is 78.9 cm³/mol. The van der Waals surface area contributed by atoms with E-state index in [1.807, 2.05) is 6.07 Å². The Kier molecular flexibility index (Phi) is 3.47. The second kappa shape index (κ2) is 5.25. The first-order valence-electron chi connectivity index (χ1n) is 7.14. The van der Waals surface area contributed by atoms with Crippen molar-refractivity contribution < 1.29 is 4.74 Å². The van der Waals surface area contributed by atoms with Gasteiger partial charge in [-0.05, 0) is 62.4 Å². The molecule has 0 spiro atoms. The number of nitrogens with one attached hydrogen (secondary N) is 2. The first-order chi connectivity index (χ1) is 9.29. The van der Waals surface area contributed by atoms with Crippen molar-refractivity contribution in [2.45, 2.75) is 26.2 Å². The van der Waals surface area contributed by atoms with Gasteiger partial charge < -0.3 is 15.0 Å². The fraction of sp³-hybridized carbons (Fsp3) is 0.500. The van der Waals surface area contributed by atoms with Crippen molar-refractivity contribution >= 4 is 10.9 Å². The highest BCUT2D eigenvalue weighted by Crippen LogP contribution is 2.32. The van der Waals surface area contributed by atoms with Gasteiger partial charge in [-0.25, -0.2) is 0 Å². The summed E-state index contributed by atoms with van der Waals surface area (Å²) >= 11 is 0. The summed E-state index contributed by atoms with van der Waals surface area (Å²) in [4.78, 5) is 3.39. The summed E-state index contributed by atoms with van der Waals surface area (Å²) < 4.78 is 5.44. The minimum atomic E-state index is 0.762. The normalized spacial score (nSPS) is 19.8. The van der Waals surface area contributed by atoms with Crippen molar-refractivity contribution in [3.8, 4) is 5.75 Å². The van der Waals surface area contributed by atoms with Gasteiger partial charge in [0.1, 0.15) is 5.75 Å². The largest absolute Gasteiger partial charge is 0.495 e. The van der Waals surface area contributed by atoms with Gasteiger partial charge in [0.05, 0.1) is 12.6 Å². The number of ether oxygens (including phenoxy) is 1. The lowest BCUT2D eigenvalue weighted by atomic mass is 9.91. The van der Waals surface area contributed by atoms with E-state index in [0.717, 1.165) is 30.1 Å². The highest BCUT2D eigenvalue weighted by atomic mass is 16.5. The van der Waals surface area contributed by atoms with Crippen LogP contribution in [0.5, 0.6) is 5.75 Å². The Bertz CT molecular complexity index is 567. The number of aromatic amines is 1. The molecular weight excluding hydrogens is 236 g/mol. The first kappa shape index (κ1) is 12.5. The predicted octanol–water partition coefficient (Wildman–Crippen LogP) is 3.03. The summed E-state index contributed by atoms with van der Waals surface area (Å²) in [7, 11) is 1.73. The molecule has 1 aliphatic rings. The maximum Gasteiger partial charge on any atom is 0.142 e. The third-order valence-electron chi connectivity index (χ3n) is 4.21. The van der Waals surface area contributed by atoms with Crippen molar-refractivity contribution in [1.82, 2.24) is 10.3 Å². The molecule has 3 heteroatoms. The van der Waals surface area contributed by atoms with Crippen molar-refractivity contribution in [2.24, 2.45) is 5.92 Å². The number of aromatic nitrogens is 1. The Morgan fingerprint density at radius 2 is 2.26 bits per heavy atom. The standard InChI is InChI=1S/C16H22N2O/c1-11-5-6-14(19-2)16-15(11)13(10-18-16)8-12-4-3-7-17-9-12/h5-6,10,12,17-18H,3-4,7-9H2,1-2H3. The van der Waals surface area contributed by atoms with Gasteiger partial charge in [0.15, 0.2) is 0 Å². The highest BCUT2D eigenvalue weighted by Gasteiger charge is 2.17. The number of hydrogen-bond donors (Lipinski definition) is 2. The van der Waals surface area contributed by atoms with E-state index in [1.54, 1.807) is 7.11 Å². The molecule has 0 bridgehead atoms. The monoisotopic (exact) mass is 258 g/mol. The lowest BCUT2D eigenvalue weighted by Gasteiger charge is -2.22. The lowest BCUT2D eigenvalue weighted by Crippen LogP contribution is -2.30. The summed E-state index contributed by atoms with van der Waals surface area (Å²) in [5.74, 6) is 1.70. The lowest BCUT2D eigenvalue weighted by molar-refractivity contribution is 0.377. The molecule has 0 amide bonds. The van der Waals surface area contributed by atoms with Gasteiger partial charge in [-0.2, -0.15) is 0 Å². The van der Waals surface area contributed by atoms with Crippen LogP contribution in [0.15, 0.2) is 18.3 Å². The number of aryl methyl sites for hydroxylation is 1. The van der Waals surface area contributed by atoms with Crippen LogP contribution in [0.3, 0.4) is 0 Å². The van der Waals surface area contributed by atoms with Crippen LogP contribution in [-0.2, 0) is 6.42 Å². The Hall–Kier alpha value is -1.48. The van der Waals surface area contributed by atoms with Crippen LogP contribution in [0.1, 0.15) is 24.0 Å². The average molecular weight is 258 g/mol. The fourth-order valence-electron chi connectivity index (χ4n) is 3.22. The number of benzene rings is 1. The molecule has 2 heterocycles. The summed E-state index contributed by atoms with van der Waals surface area (Å²) in [6.07, 6.45) is 5.95. The zero-order valence-corrected chi connectivity index (χ0v) is 11.8. The van der Waals surface area contributed by atoms with Gasteiger partial charge in [-0.1, -0.05) is 6.07 Å². The fourth-order valence-corrected chi connectivity index (χ4v) is 3.22. The maximum absolute atomic E-state index is 5.44. The molecule has 1 fully saturated rings. The minimum absolute atomic E-state index is 0.762. The molecule has 1 aromatic heterocycles. The van der Waals surface area contributed by atoms with Crippen molar-refractivity contribution in [3.05, 3.63) is 29.5 Å². The van der Waals surface area contributed by atoms with Crippen molar-refractivity contribution in [3.63, 3.8) is 0 Å². The molecule has 0 aliphatic carbocycles. The van der Waals surface area contributed by atoms with E-state index in [4.69, 9.17) is 4.74 Å². The van der Waals surface area contributed by atoms with E-state index in [0.29, 0.717) is 0 Å². The van der Waals surface area contributed by atoms with Gasteiger partial charge >= 0.3 is 0 Å². The van der Waals surface area contributed by atoms with E-state index in [-0.39, 0.29) is 0 Å². The number of methoxy groups -OCH3 is 1. The Balaban J connectivity index is 1.95. The SMILES string of the molecule is COc1ccc(C)c2c(CC3CCCNC3)c[nH]c12. The van der Waals surface area contributed by atoms with Crippen LogP contribution in [0, 0.1) is 12.8 Å². The molecule has 0 saturated carbocycles. The van der Waals surface area contributed by atoms with E-state index < -0.39 is 0 Å². The van der Waals surface area contributed by atoms with E-state index in [1.165, 1.54) is 35.9 Å². The summed E-state index contributed by atoms with van der Waals surface area (Å²) in [6.45, 7) is 4.51. The molecule has 1 aliphatic heterocycles. The number of hydrogen-bond acceptors (Lipinski definition) is 2. The zero-order valence-electron chi connectivity index (χ0n) is 11.8. The van der Waals surface area contributed by atoms with Crippen LogP contribution in [-0.4, -0.2) is 25.2 Å². The number of H-pyrrole nitrogens is 1. The molecule has 3 rings (SSSR count). The Morgan fingerprint density at radius 1 is 1.37 bits per heavy atom. The highest BCUT2D eigenvalue weighted by molar-refractivity contribution is 5.91. The smallest absolute Gasteiger partial charge is 0.142 e. The van der Waals surface area contributed by atoms with Crippen molar-refractivity contribution in [1.29, 1.82) is 0 Å². The van der Waals surface area contributed by atoms with Gasteiger partial charge in [-0.15, -0.1) is 0 Å². The third kappa shape index (κ3) is 2.35. The van der Waals surface area contributed by atoms with Gasteiger partial charge in [0, 0.05) is 11.6 Å². The van der Waals surface area contributed by atoms with Crippen LogP contribution in [0.2, 0.25) is 0 Å². The molecule has 1 saturated heterocycles. The molecule has 1 atom stereocenters. The summed E-state index contributed by atoms with van der Waals surface area (Å²) in [6, 6.07) is 4.19. The van der Waals surface area contributed by atoms with Gasteiger partial charge in [0.25, 0.3) is 0 Å². The Labute approximate surface area is 114 Å². The molecule has 0 radical (unpaired) electrons. The second-order valence-corrected chi connectivity index (χ2v) is 5.57.